The highest BCUT2D eigenvalue weighted by Gasteiger charge is 2.37. The first-order valence-electron chi connectivity index (χ1n) is 9.06. The summed E-state index contributed by atoms with van der Waals surface area (Å²) in [7, 11) is 1.96. The maximum absolute atomic E-state index is 4.72. The number of likely N-dealkylation sites (tertiary alicyclic amines) is 1. The van der Waals surface area contributed by atoms with E-state index in [4.69, 9.17) is 4.98 Å². The molecule has 0 bridgehead atoms. The van der Waals surface area contributed by atoms with Crippen LogP contribution in [0.25, 0.3) is 11.3 Å². The largest absolute Gasteiger partial charge is 0.328 e. The van der Waals surface area contributed by atoms with Gasteiger partial charge >= 0.3 is 0 Å². The number of hydrogen-bond donors (Lipinski definition) is 0. The van der Waals surface area contributed by atoms with Crippen LogP contribution >= 0.6 is 0 Å². The van der Waals surface area contributed by atoms with Crippen molar-refractivity contribution < 1.29 is 0 Å². The van der Waals surface area contributed by atoms with E-state index in [0.29, 0.717) is 0 Å². The quantitative estimate of drug-likeness (QED) is 0.739. The molecule has 3 aromatic rings. The number of hydrogen-bond acceptors (Lipinski definition) is 3. The minimum atomic E-state index is 0.723. The Bertz CT molecular complexity index is 879. The van der Waals surface area contributed by atoms with Crippen molar-refractivity contribution in [3.63, 3.8) is 0 Å². The first-order valence-corrected chi connectivity index (χ1v) is 9.06. The zero-order valence-electron chi connectivity index (χ0n) is 14.5. The van der Waals surface area contributed by atoms with E-state index in [1.54, 1.807) is 0 Å². The minimum Gasteiger partial charge on any atom is -0.328 e. The van der Waals surface area contributed by atoms with Crippen LogP contribution in [0, 0.1) is 11.8 Å². The molecule has 2 atom stereocenters. The monoisotopic (exact) mass is 333 g/mol. The van der Waals surface area contributed by atoms with Gasteiger partial charge in [-0.2, -0.15) is 5.10 Å². The maximum Gasteiger partial charge on any atom is 0.109 e. The fourth-order valence-electron chi connectivity index (χ4n) is 4.48. The molecule has 5 rings (SSSR count). The van der Waals surface area contributed by atoms with E-state index in [2.05, 4.69) is 51.1 Å². The first-order chi connectivity index (χ1) is 12.3. The van der Waals surface area contributed by atoms with Gasteiger partial charge in [-0.15, -0.1) is 0 Å². The summed E-state index contributed by atoms with van der Waals surface area (Å²) >= 11 is 0. The molecule has 0 spiro atoms. The van der Waals surface area contributed by atoms with Crippen LogP contribution < -0.4 is 0 Å². The van der Waals surface area contributed by atoms with Crippen LogP contribution in [-0.2, 0) is 26.6 Å². The number of imidazole rings is 1. The van der Waals surface area contributed by atoms with Crippen LogP contribution in [0.1, 0.15) is 11.4 Å². The predicted molar refractivity (Wildman–Crippen MR) is 96.8 cm³/mol. The van der Waals surface area contributed by atoms with Gasteiger partial charge in [0.25, 0.3) is 0 Å². The van der Waals surface area contributed by atoms with Gasteiger partial charge in [0.05, 0.1) is 18.1 Å². The summed E-state index contributed by atoms with van der Waals surface area (Å²) in [6.45, 7) is 4.51. The SMILES string of the molecule is Cn1cc(-c2cnc3n2C[C@@H]2CN(Cc4ccccc4)C[C@H]2C3)cn1. The van der Waals surface area contributed by atoms with Crippen molar-refractivity contribution in [2.24, 2.45) is 18.9 Å². The van der Waals surface area contributed by atoms with Gasteiger partial charge < -0.3 is 4.57 Å². The first kappa shape index (κ1) is 14.9. The molecular formula is C20H23N5. The summed E-state index contributed by atoms with van der Waals surface area (Å²) in [5.74, 6) is 2.70. The predicted octanol–water partition coefficient (Wildman–Crippen LogP) is 2.59. The molecule has 25 heavy (non-hydrogen) atoms. The van der Waals surface area contributed by atoms with Gasteiger partial charge in [-0.1, -0.05) is 30.3 Å². The second-order valence-corrected chi connectivity index (χ2v) is 7.48. The molecule has 5 heteroatoms. The minimum absolute atomic E-state index is 0.723. The van der Waals surface area contributed by atoms with Crippen LogP contribution in [0.5, 0.6) is 0 Å². The Hall–Kier alpha value is -2.40. The molecule has 1 saturated heterocycles. The highest BCUT2D eigenvalue weighted by molar-refractivity contribution is 5.57. The highest BCUT2D eigenvalue weighted by Crippen LogP contribution is 2.35. The molecule has 5 nitrogen and oxygen atoms in total. The zero-order valence-corrected chi connectivity index (χ0v) is 14.5. The molecule has 0 unspecified atom stereocenters. The third-order valence-corrected chi connectivity index (χ3v) is 5.70. The molecular weight excluding hydrogens is 310 g/mol. The highest BCUT2D eigenvalue weighted by atomic mass is 15.2. The van der Waals surface area contributed by atoms with E-state index in [-0.39, 0.29) is 0 Å². The molecule has 128 valence electrons. The molecule has 1 fully saturated rings. The Kier molecular flexibility index (Phi) is 3.48. The van der Waals surface area contributed by atoms with Gasteiger partial charge in [0, 0.05) is 51.4 Å². The van der Waals surface area contributed by atoms with Crippen molar-refractivity contribution in [1.29, 1.82) is 0 Å². The average molecular weight is 333 g/mol. The summed E-state index contributed by atoms with van der Waals surface area (Å²) in [6.07, 6.45) is 7.13. The summed E-state index contributed by atoms with van der Waals surface area (Å²) in [6, 6.07) is 10.8. The summed E-state index contributed by atoms with van der Waals surface area (Å²) in [5.41, 5.74) is 3.79. The van der Waals surface area contributed by atoms with Crippen LogP contribution in [0.4, 0.5) is 0 Å². The van der Waals surface area contributed by atoms with E-state index in [1.807, 2.05) is 24.1 Å². The van der Waals surface area contributed by atoms with E-state index in [9.17, 15) is 0 Å². The molecule has 1 aromatic carbocycles. The van der Waals surface area contributed by atoms with Gasteiger partial charge in [-0.25, -0.2) is 4.98 Å². The van der Waals surface area contributed by atoms with Gasteiger partial charge in [0.2, 0.25) is 0 Å². The van der Waals surface area contributed by atoms with Gasteiger partial charge in [-0.3, -0.25) is 9.58 Å². The number of aromatic nitrogens is 4. The second kappa shape index (κ2) is 5.85. The summed E-state index contributed by atoms with van der Waals surface area (Å²) in [5, 5.41) is 4.31. The molecule has 0 radical (unpaired) electrons. The Morgan fingerprint density at radius 1 is 1.04 bits per heavy atom. The Morgan fingerprint density at radius 3 is 2.68 bits per heavy atom. The van der Waals surface area contributed by atoms with Gasteiger partial charge in [-0.05, 0) is 17.4 Å². The zero-order chi connectivity index (χ0) is 16.8. The molecule has 0 N–H and O–H groups in total. The third kappa shape index (κ3) is 2.68. The Labute approximate surface area is 147 Å². The Morgan fingerprint density at radius 2 is 1.88 bits per heavy atom. The standard InChI is InChI=1S/C20H23N5/c1-23-11-17(8-22-23)19-9-21-20-7-16-12-24(13-18(16)14-25(19)20)10-15-5-3-2-4-6-15/h2-6,8-9,11,16,18H,7,10,12-14H2,1H3/t16-,18+/m1/s1. The van der Waals surface area contributed by atoms with E-state index < -0.39 is 0 Å². The molecule has 0 saturated carbocycles. The van der Waals surface area contributed by atoms with Crippen LogP contribution in [-0.4, -0.2) is 37.3 Å². The van der Waals surface area contributed by atoms with Crippen LogP contribution in [0.3, 0.4) is 0 Å². The smallest absolute Gasteiger partial charge is 0.109 e. The fraction of sp³-hybridized carbons (Fsp3) is 0.400. The van der Waals surface area contributed by atoms with Crippen LogP contribution in [0.15, 0.2) is 48.9 Å². The van der Waals surface area contributed by atoms with E-state index in [0.717, 1.165) is 31.3 Å². The van der Waals surface area contributed by atoms with Crippen molar-refractivity contribution in [2.75, 3.05) is 13.1 Å². The molecule has 0 amide bonds. The van der Waals surface area contributed by atoms with Crippen molar-refractivity contribution >= 4 is 0 Å². The van der Waals surface area contributed by atoms with Gasteiger partial charge in [0.1, 0.15) is 5.82 Å². The Balaban J connectivity index is 1.35. The fourth-order valence-corrected chi connectivity index (χ4v) is 4.48. The van der Waals surface area contributed by atoms with Crippen LogP contribution in [0.2, 0.25) is 0 Å². The van der Waals surface area contributed by atoms with Crippen molar-refractivity contribution in [3.8, 4) is 11.3 Å². The number of benzene rings is 1. The molecule has 2 aliphatic rings. The van der Waals surface area contributed by atoms with Crippen molar-refractivity contribution in [2.45, 2.75) is 19.5 Å². The number of fused-ring (bicyclic) bond motifs is 2. The normalized spacial score (nSPS) is 22.8. The molecule has 2 aromatic heterocycles. The van der Waals surface area contributed by atoms with Crippen molar-refractivity contribution in [1.82, 2.24) is 24.2 Å². The number of aryl methyl sites for hydroxylation is 1. The van der Waals surface area contributed by atoms with E-state index >= 15 is 0 Å². The van der Waals surface area contributed by atoms with Crippen molar-refractivity contribution in [3.05, 3.63) is 60.3 Å². The lowest BCUT2D eigenvalue weighted by Gasteiger charge is -2.26. The lowest BCUT2D eigenvalue weighted by atomic mass is 9.89. The lowest BCUT2D eigenvalue weighted by Crippen LogP contribution is -2.28. The summed E-state index contributed by atoms with van der Waals surface area (Å²) in [4.78, 5) is 7.33. The second-order valence-electron chi connectivity index (χ2n) is 7.48. The van der Waals surface area contributed by atoms with Gasteiger partial charge in [0.15, 0.2) is 0 Å². The molecule has 4 heterocycles. The topological polar surface area (TPSA) is 38.9 Å². The average Bonchev–Trinajstić information content (AvgIpc) is 3.31. The maximum atomic E-state index is 4.72. The third-order valence-electron chi connectivity index (χ3n) is 5.70. The lowest BCUT2D eigenvalue weighted by molar-refractivity contribution is 0.307. The number of nitrogens with zero attached hydrogens (tertiary/aromatic N) is 5. The number of rotatable bonds is 3. The molecule has 0 aliphatic carbocycles. The molecule has 2 aliphatic heterocycles. The summed E-state index contributed by atoms with van der Waals surface area (Å²) < 4.78 is 4.28. The van der Waals surface area contributed by atoms with E-state index in [1.165, 1.54) is 35.7 Å².